The zero-order valence-corrected chi connectivity index (χ0v) is 27.4. The molecule has 0 saturated heterocycles. The van der Waals surface area contributed by atoms with E-state index in [1.807, 2.05) is 73.3 Å². The number of hydrogen-bond acceptors (Lipinski definition) is 6. The largest absolute Gasteiger partial charge is 0.436 e. The lowest BCUT2D eigenvalue weighted by molar-refractivity contribution is 0.620. The molecule has 240 valence electrons. The molecule has 0 aliphatic heterocycles. The summed E-state index contributed by atoms with van der Waals surface area (Å²) in [6.07, 6.45) is 14.8. The highest BCUT2D eigenvalue weighted by molar-refractivity contribution is 5.91. The molecule has 0 aliphatic rings. The molecule has 0 bridgehead atoms. The van der Waals surface area contributed by atoms with Crippen LogP contribution in [0.2, 0.25) is 0 Å². The number of rotatable bonds is 7. The first-order valence-corrected chi connectivity index (χ1v) is 16.7. The summed E-state index contributed by atoms with van der Waals surface area (Å²) < 4.78 is 6.48. The Balaban J connectivity index is 1.27. The Hall–Kier alpha value is -7.05. The summed E-state index contributed by atoms with van der Waals surface area (Å²) in [6.45, 7) is 0. The average Bonchev–Trinajstić information content (AvgIpc) is 3.66. The predicted octanol–water partition coefficient (Wildman–Crippen LogP) is 11.1. The topological polar surface area (TPSA) is 77.6 Å². The van der Waals surface area contributed by atoms with Crippen molar-refractivity contribution in [1.29, 1.82) is 0 Å². The fraction of sp³-hybridized carbons (Fsp3) is 0. The first kappa shape index (κ1) is 30.0. The Morgan fingerprint density at radius 2 is 0.784 bits per heavy atom. The Morgan fingerprint density at radius 1 is 0.333 bits per heavy atom. The summed E-state index contributed by atoms with van der Waals surface area (Å²) in [7, 11) is 0. The fourth-order valence-electron chi connectivity index (χ4n) is 6.52. The monoisotopic (exact) mass is 655 g/mol. The molecule has 0 N–H and O–H groups in total. The smallest absolute Gasteiger partial charge is 0.227 e. The number of para-hydroxylation sites is 2. The van der Waals surface area contributed by atoms with Crippen LogP contribution in [-0.4, -0.2) is 24.9 Å². The van der Waals surface area contributed by atoms with E-state index in [2.05, 4.69) is 98.8 Å². The van der Waals surface area contributed by atoms with Crippen molar-refractivity contribution in [3.63, 3.8) is 0 Å². The minimum absolute atomic E-state index is 0.554. The van der Waals surface area contributed by atoms with Gasteiger partial charge in [-0.15, -0.1) is 0 Å². The van der Waals surface area contributed by atoms with Crippen LogP contribution in [0.4, 0.5) is 0 Å². The van der Waals surface area contributed by atoms with Crippen LogP contribution in [0.1, 0.15) is 0 Å². The van der Waals surface area contributed by atoms with E-state index >= 15 is 0 Å². The molecule has 0 radical (unpaired) electrons. The number of fused-ring (bicyclic) bond motifs is 1. The van der Waals surface area contributed by atoms with Crippen LogP contribution >= 0.6 is 0 Å². The molecule has 6 heteroatoms. The third-order valence-corrected chi connectivity index (χ3v) is 9.03. The number of benzene rings is 4. The minimum Gasteiger partial charge on any atom is -0.436 e. The molecule has 0 fully saturated rings. The van der Waals surface area contributed by atoms with Gasteiger partial charge in [0.15, 0.2) is 5.58 Å². The molecule has 9 aromatic rings. The van der Waals surface area contributed by atoms with Gasteiger partial charge in [0.2, 0.25) is 5.89 Å². The maximum absolute atomic E-state index is 6.48. The average molecular weight is 656 g/mol. The Labute approximate surface area is 294 Å². The van der Waals surface area contributed by atoms with Crippen LogP contribution in [0.5, 0.6) is 0 Å². The van der Waals surface area contributed by atoms with E-state index in [0.717, 1.165) is 83.4 Å². The van der Waals surface area contributed by atoms with Gasteiger partial charge >= 0.3 is 0 Å². The van der Waals surface area contributed by atoms with Crippen LogP contribution in [0.15, 0.2) is 181 Å². The summed E-state index contributed by atoms with van der Waals surface area (Å²) in [5, 5.41) is 0. The van der Waals surface area contributed by atoms with Crippen molar-refractivity contribution in [2.45, 2.75) is 0 Å². The molecule has 0 amide bonds. The molecule has 0 saturated carbocycles. The van der Waals surface area contributed by atoms with Gasteiger partial charge in [0.05, 0.1) is 0 Å². The number of aromatic nitrogens is 5. The lowest BCUT2D eigenvalue weighted by atomic mass is 9.89. The van der Waals surface area contributed by atoms with E-state index in [0.29, 0.717) is 5.89 Å². The second-order valence-electron chi connectivity index (χ2n) is 12.3. The van der Waals surface area contributed by atoms with E-state index < -0.39 is 0 Å². The number of nitrogens with zero attached hydrogens (tertiary/aromatic N) is 5. The highest BCUT2D eigenvalue weighted by Crippen LogP contribution is 2.41. The second kappa shape index (κ2) is 13.1. The number of pyridine rings is 4. The van der Waals surface area contributed by atoms with Crippen molar-refractivity contribution in [3.05, 3.63) is 177 Å². The molecule has 4 aromatic carbocycles. The molecule has 0 atom stereocenters. The SMILES string of the molecule is c1cncc(-c2cc(-c3cccnc3)cc(-c3ccc(-c4cc(-c5cccnc5)cc(-c5cccnc5)c4)c(-c4nc5ccccc5o4)c3)c2)c1. The molecule has 6 nitrogen and oxygen atoms in total. The molecule has 0 spiro atoms. The van der Waals surface area contributed by atoms with Crippen molar-refractivity contribution in [3.8, 4) is 78.2 Å². The molecule has 0 aliphatic carbocycles. The quantitative estimate of drug-likeness (QED) is 0.170. The van der Waals surface area contributed by atoms with Crippen molar-refractivity contribution in [1.82, 2.24) is 24.9 Å². The summed E-state index contributed by atoms with van der Waals surface area (Å²) in [5.41, 5.74) is 14.9. The lowest BCUT2D eigenvalue weighted by Crippen LogP contribution is -1.92. The highest BCUT2D eigenvalue weighted by atomic mass is 16.3. The van der Waals surface area contributed by atoms with Gasteiger partial charge in [-0.1, -0.05) is 48.5 Å². The fourth-order valence-corrected chi connectivity index (χ4v) is 6.52. The Kier molecular flexibility index (Phi) is 7.72. The van der Waals surface area contributed by atoms with Crippen LogP contribution in [0.25, 0.3) is 89.3 Å². The van der Waals surface area contributed by atoms with E-state index in [9.17, 15) is 0 Å². The van der Waals surface area contributed by atoms with Gasteiger partial charge in [0.1, 0.15) is 5.52 Å². The number of hydrogen-bond donors (Lipinski definition) is 0. The first-order valence-electron chi connectivity index (χ1n) is 16.7. The van der Waals surface area contributed by atoms with Crippen LogP contribution in [0.3, 0.4) is 0 Å². The van der Waals surface area contributed by atoms with E-state index in [1.165, 1.54) is 0 Å². The lowest BCUT2D eigenvalue weighted by Gasteiger charge is -2.15. The third kappa shape index (κ3) is 6.07. The molecule has 51 heavy (non-hydrogen) atoms. The molecule has 5 heterocycles. The zero-order chi connectivity index (χ0) is 34.0. The van der Waals surface area contributed by atoms with E-state index in [-0.39, 0.29) is 0 Å². The van der Waals surface area contributed by atoms with Crippen LogP contribution < -0.4 is 0 Å². The van der Waals surface area contributed by atoms with Crippen molar-refractivity contribution < 1.29 is 4.42 Å². The normalized spacial score (nSPS) is 11.1. The Bertz CT molecular complexity index is 2470. The van der Waals surface area contributed by atoms with Crippen molar-refractivity contribution in [2.75, 3.05) is 0 Å². The van der Waals surface area contributed by atoms with Crippen LogP contribution in [-0.2, 0) is 0 Å². The maximum Gasteiger partial charge on any atom is 0.227 e. The predicted molar refractivity (Wildman–Crippen MR) is 203 cm³/mol. The first-order chi connectivity index (χ1) is 25.2. The Morgan fingerprint density at radius 3 is 1.24 bits per heavy atom. The van der Waals surface area contributed by atoms with Gasteiger partial charge in [-0.2, -0.15) is 0 Å². The van der Waals surface area contributed by atoms with Crippen molar-refractivity contribution >= 4 is 11.1 Å². The molecule has 5 aromatic heterocycles. The second-order valence-corrected chi connectivity index (χ2v) is 12.3. The van der Waals surface area contributed by atoms with Gasteiger partial charge in [0, 0.05) is 77.4 Å². The maximum atomic E-state index is 6.48. The minimum atomic E-state index is 0.554. The number of oxazole rings is 1. The van der Waals surface area contributed by atoms with E-state index in [1.54, 1.807) is 24.8 Å². The van der Waals surface area contributed by atoms with Gasteiger partial charge in [-0.05, 0) is 123 Å². The summed E-state index contributed by atoms with van der Waals surface area (Å²) in [6, 6.07) is 43.8. The molecular formula is C45H29N5O. The van der Waals surface area contributed by atoms with Crippen LogP contribution in [0, 0.1) is 0 Å². The van der Waals surface area contributed by atoms with Gasteiger partial charge in [-0.3, -0.25) is 19.9 Å². The van der Waals surface area contributed by atoms with Gasteiger partial charge in [0.25, 0.3) is 0 Å². The third-order valence-electron chi connectivity index (χ3n) is 9.03. The van der Waals surface area contributed by atoms with Crippen molar-refractivity contribution in [2.24, 2.45) is 0 Å². The molecule has 0 unspecified atom stereocenters. The summed E-state index contributed by atoms with van der Waals surface area (Å²) in [5.74, 6) is 0.554. The summed E-state index contributed by atoms with van der Waals surface area (Å²) >= 11 is 0. The van der Waals surface area contributed by atoms with E-state index in [4.69, 9.17) is 9.40 Å². The molecular weight excluding hydrogens is 627 g/mol. The zero-order valence-electron chi connectivity index (χ0n) is 27.4. The standard InChI is InChI=1S/C45H29N5O/c1-2-12-44-43(11-1)50-45(51-44)42-25-30(35-19-36(31-7-3-15-46-26-31)21-37(20-35)32-8-4-16-47-27-32)13-14-41(42)40-23-38(33-9-5-17-48-28-33)22-39(24-40)34-10-6-18-49-29-34/h1-29H. The summed E-state index contributed by atoms with van der Waals surface area (Å²) in [4.78, 5) is 22.6. The van der Waals surface area contributed by atoms with Gasteiger partial charge in [-0.25, -0.2) is 4.98 Å². The highest BCUT2D eigenvalue weighted by Gasteiger charge is 2.18. The van der Waals surface area contributed by atoms with Gasteiger partial charge < -0.3 is 4.42 Å². The molecule has 9 rings (SSSR count).